The molecule has 0 fully saturated rings. The van der Waals surface area contributed by atoms with E-state index in [0.29, 0.717) is 29.0 Å². The molecule has 14 heteroatoms. The molecular formula is C30H31N5O9. The van der Waals surface area contributed by atoms with Crippen molar-refractivity contribution in [3.05, 3.63) is 69.8 Å². The van der Waals surface area contributed by atoms with Gasteiger partial charge in [-0.3, -0.25) is 19.2 Å². The molecule has 1 heterocycles. The van der Waals surface area contributed by atoms with Gasteiger partial charge in [-0.2, -0.15) is 0 Å². The van der Waals surface area contributed by atoms with Gasteiger partial charge in [0, 0.05) is 30.6 Å². The summed E-state index contributed by atoms with van der Waals surface area (Å²) in [6, 6.07) is 8.65. The van der Waals surface area contributed by atoms with Crippen molar-refractivity contribution in [3.8, 4) is 12.3 Å². The fourth-order valence-electron chi connectivity index (χ4n) is 4.36. The molecule has 0 spiro atoms. The number of carboxylic acids is 3. The van der Waals surface area contributed by atoms with Gasteiger partial charge in [0.05, 0.1) is 17.4 Å². The highest BCUT2D eigenvalue weighted by Crippen LogP contribution is 2.20. The lowest BCUT2D eigenvalue weighted by molar-refractivity contribution is -0.143. The summed E-state index contributed by atoms with van der Waals surface area (Å²) in [4.78, 5) is 79.9. The maximum Gasteiger partial charge on any atom is 0.326 e. The summed E-state index contributed by atoms with van der Waals surface area (Å²) in [5.74, 6) is -2.48. The minimum Gasteiger partial charge on any atom is -0.481 e. The van der Waals surface area contributed by atoms with E-state index in [1.54, 1.807) is 31.2 Å². The molecule has 0 aliphatic rings. The van der Waals surface area contributed by atoms with Gasteiger partial charge in [0.2, 0.25) is 5.91 Å². The van der Waals surface area contributed by atoms with Gasteiger partial charge in [-0.1, -0.05) is 12.0 Å². The molecular weight excluding hydrogens is 574 g/mol. The lowest BCUT2D eigenvalue weighted by atomic mass is 10.1. The first kappa shape index (κ1) is 32.8. The van der Waals surface area contributed by atoms with Crippen molar-refractivity contribution in [2.45, 2.75) is 51.2 Å². The summed E-state index contributed by atoms with van der Waals surface area (Å²) in [6.07, 6.45) is 3.99. The summed E-state index contributed by atoms with van der Waals surface area (Å²) in [5.41, 5.74) is 1.92. The number of aromatic amines is 1. The van der Waals surface area contributed by atoms with E-state index >= 15 is 0 Å². The van der Waals surface area contributed by atoms with Crippen molar-refractivity contribution in [1.29, 1.82) is 0 Å². The molecule has 3 rings (SSSR count). The number of nitrogens with zero attached hydrogens (tertiary/aromatic N) is 2. The van der Waals surface area contributed by atoms with Gasteiger partial charge in [-0.05, 0) is 61.7 Å². The summed E-state index contributed by atoms with van der Waals surface area (Å²) >= 11 is 0. The van der Waals surface area contributed by atoms with Gasteiger partial charge in [0.15, 0.2) is 0 Å². The zero-order valence-electron chi connectivity index (χ0n) is 23.7. The Hall–Kier alpha value is -5.71. The number of H-pyrrole nitrogens is 1. The maximum absolute atomic E-state index is 12.8. The normalized spacial score (nSPS) is 12.0. The SMILES string of the molecule is C#CCN(Cc1ccc2nc(C)[nH]c(=O)c2c1)c1ccc(C(=O)N[C@H](CCC(=O)N[C@@H](CCC(=O)O)C(=O)O)C(=O)O)cc1. The first-order chi connectivity index (χ1) is 20.9. The lowest BCUT2D eigenvalue weighted by Gasteiger charge is -2.23. The van der Waals surface area contributed by atoms with Crippen LogP contribution in [0.3, 0.4) is 0 Å². The number of amides is 2. The fraction of sp³-hybridized carbons (Fsp3) is 0.300. The third kappa shape index (κ3) is 9.15. The lowest BCUT2D eigenvalue weighted by Crippen LogP contribution is -2.44. The smallest absolute Gasteiger partial charge is 0.326 e. The Balaban J connectivity index is 1.64. The second-order valence-electron chi connectivity index (χ2n) is 9.90. The van der Waals surface area contributed by atoms with Gasteiger partial charge in [-0.15, -0.1) is 6.42 Å². The second-order valence-corrected chi connectivity index (χ2v) is 9.90. The molecule has 0 saturated heterocycles. The van der Waals surface area contributed by atoms with E-state index in [1.165, 1.54) is 12.1 Å². The van der Waals surface area contributed by atoms with Crippen LogP contribution in [0.1, 0.15) is 47.4 Å². The zero-order chi connectivity index (χ0) is 32.4. The summed E-state index contributed by atoms with van der Waals surface area (Å²) in [7, 11) is 0. The number of hydrogen-bond acceptors (Lipinski definition) is 8. The topological polar surface area (TPSA) is 219 Å². The molecule has 1 aromatic heterocycles. The van der Waals surface area contributed by atoms with Crippen LogP contribution in [0, 0.1) is 19.3 Å². The van der Waals surface area contributed by atoms with Crippen LogP contribution in [0.5, 0.6) is 0 Å². The average Bonchev–Trinajstić information content (AvgIpc) is 2.97. The molecule has 2 atom stereocenters. The number of carbonyl (C=O) groups is 5. The molecule has 14 nitrogen and oxygen atoms in total. The number of aliphatic carboxylic acids is 3. The molecule has 3 aromatic rings. The van der Waals surface area contributed by atoms with E-state index in [4.69, 9.17) is 11.5 Å². The second kappa shape index (κ2) is 15.0. The van der Waals surface area contributed by atoms with Crippen molar-refractivity contribution in [3.63, 3.8) is 0 Å². The molecule has 0 radical (unpaired) electrons. The number of aromatic nitrogens is 2. The van der Waals surface area contributed by atoms with E-state index in [0.717, 1.165) is 5.56 Å². The van der Waals surface area contributed by atoms with E-state index < -0.39 is 54.6 Å². The van der Waals surface area contributed by atoms with E-state index in [-0.39, 0.29) is 30.5 Å². The maximum atomic E-state index is 12.8. The van der Waals surface area contributed by atoms with Crippen molar-refractivity contribution in [1.82, 2.24) is 20.6 Å². The van der Waals surface area contributed by atoms with Crippen LogP contribution in [0.25, 0.3) is 10.9 Å². The first-order valence-electron chi connectivity index (χ1n) is 13.4. The Labute approximate surface area is 251 Å². The molecule has 0 unspecified atom stereocenters. The number of benzene rings is 2. The summed E-state index contributed by atoms with van der Waals surface area (Å²) in [5, 5.41) is 32.4. The Kier molecular flexibility index (Phi) is 11.2. The number of rotatable bonds is 15. The number of terminal acetylenes is 1. The van der Waals surface area contributed by atoms with Crippen molar-refractivity contribution >= 4 is 46.3 Å². The van der Waals surface area contributed by atoms with Crippen LogP contribution >= 0.6 is 0 Å². The number of hydrogen-bond donors (Lipinski definition) is 6. The van der Waals surface area contributed by atoms with E-state index in [1.807, 2.05) is 11.0 Å². The number of fused-ring (bicyclic) bond motifs is 1. The number of carboxylic acid groups (broad SMARTS) is 3. The third-order valence-corrected chi connectivity index (χ3v) is 6.58. The third-order valence-electron chi connectivity index (χ3n) is 6.58. The standard InChI is InChI=1S/C30H31N5O9/c1-3-14-35(16-18-4-9-22-21(15-18)28(40)32-17(2)31-22)20-7-5-19(6-8-20)27(39)34-24(30(43)44)10-12-25(36)33-23(29(41)42)11-13-26(37)38/h1,4-9,15,23-24H,10-14,16H2,2H3,(H,33,36)(H,34,39)(H,37,38)(H,41,42)(H,43,44)(H,31,32,40)/t23-,24+/m0/s1. The van der Waals surface area contributed by atoms with E-state index in [9.17, 15) is 39.0 Å². The molecule has 0 saturated carbocycles. The van der Waals surface area contributed by atoms with Crippen LogP contribution in [0.2, 0.25) is 0 Å². The number of anilines is 1. The monoisotopic (exact) mass is 605 g/mol. The molecule has 6 N–H and O–H groups in total. The molecule has 0 aliphatic heterocycles. The first-order valence-corrected chi connectivity index (χ1v) is 13.4. The molecule has 0 aliphatic carbocycles. The number of carbonyl (C=O) groups excluding carboxylic acids is 2. The van der Waals surface area contributed by atoms with Crippen molar-refractivity contribution in [2.75, 3.05) is 11.4 Å². The van der Waals surface area contributed by atoms with Gasteiger partial charge in [0.1, 0.15) is 17.9 Å². The van der Waals surface area contributed by atoms with Crippen LogP contribution in [-0.4, -0.2) is 73.6 Å². The van der Waals surface area contributed by atoms with Crippen LogP contribution in [0.4, 0.5) is 5.69 Å². The zero-order valence-corrected chi connectivity index (χ0v) is 23.7. The molecule has 0 bridgehead atoms. The van der Waals surface area contributed by atoms with Crippen molar-refractivity contribution < 1.29 is 39.3 Å². The van der Waals surface area contributed by atoms with Gasteiger partial charge in [-0.25, -0.2) is 14.6 Å². The van der Waals surface area contributed by atoms with Crippen molar-refractivity contribution in [2.24, 2.45) is 0 Å². The predicted octanol–water partition coefficient (Wildman–Crippen LogP) is 1.27. The van der Waals surface area contributed by atoms with E-state index in [2.05, 4.69) is 26.5 Å². The molecule has 2 amide bonds. The largest absolute Gasteiger partial charge is 0.481 e. The number of nitrogens with one attached hydrogen (secondary N) is 3. The average molecular weight is 606 g/mol. The van der Waals surface area contributed by atoms with Gasteiger partial charge >= 0.3 is 17.9 Å². The summed E-state index contributed by atoms with van der Waals surface area (Å²) in [6.45, 7) is 2.26. The highest BCUT2D eigenvalue weighted by atomic mass is 16.4. The highest BCUT2D eigenvalue weighted by molar-refractivity contribution is 5.97. The summed E-state index contributed by atoms with van der Waals surface area (Å²) < 4.78 is 0. The molecule has 2 aromatic carbocycles. The Bertz CT molecular complexity index is 1660. The Morgan fingerprint density at radius 1 is 0.955 bits per heavy atom. The Morgan fingerprint density at radius 2 is 1.59 bits per heavy atom. The Morgan fingerprint density at radius 3 is 2.20 bits per heavy atom. The quantitative estimate of drug-likeness (QED) is 0.135. The number of aryl methyl sites for hydroxylation is 1. The molecule has 44 heavy (non-hydrogen) atoms. The minimum atomic E-state index is -1.46. The van der Waals surface area contributed by atoms with Crippen LogP contribution < -0.4 is 21.1 Å². The van der Waals surface area contributed by atoms with Gasteiger partial charge < -0.3 is 35.8 Å². The predicted molar refractivity (Wildman–Crippen MR) is 158 cm³/mol. The van der Waals surface area contributed by atoms with Crippen LogP contribution in [0.15, 0.2) is 47.3 Å². The minimum absolute atomic E-state index is 0.142. The van der Waals surface area contributed by atoms with Crippen LogP contribution in [-0.2, 0) is 25.7 Å². The molecule has 230 valence electrons. The van der Waals surface area contributed by atoms with Gasteiger partial charge in [0.25, 0.3) is 11.5 Å². The fourth-order valence-corrected chi connectivity index (χ4v) is 4.36. The highest BCUT2D eigenvalue weighted by Gasteiger charge is 2.25.